The number of aromatic nitrogens is 1. The molecule has 1 N–H and O–H groups in total. The SMILES string of the molecule is CN1CC(O)(c2ccncc2)C1. The molecular weight excluding hydrogens is 152 g/mol. The number of β-amino-alcohol motifs (C(OH)–C–C–N with tert-alkyl or cyclic N) is 1. The second-order valence-corrected chi connectivity index (χ2v) is 3.44. The topological polar surface area (TPSA) is 36.4 Å². The fourth-order valence-corrected chi connectivity index (χ4v) is 1.69. The van der Waals surface area contributed by atoms with E-state index in [1.807, 2.05) is 19.2 Å². The second-order valence-electron chi connectivity index (χ2n) is 3.44. The van der Waals surface area contributed by atoms with Crippen LogP contribution < -0.4 is 0 Å². The standard InChI is InChI=1S/C9H12N2O/c1-11-6-9(12,7-11)8-2-4-10-5-3-8/h2-5,12H,6-7H2,1H3. The molecular formula is C9H12N2O. The number of aliphatic hydroxyl groups is 1. The molecule has 0 spiro atoms. The molecule has 1 fully saturated rings. The predicted molar refractivity (Wildman–Crippen MR) is 45.6 cm³/mol. The lowest BCUT2D eigenvalue weighted by Gasteiger charge is -2.44. The molecule has 0 atom stereocenters. The van der Waals surface area contributed by atoms with Crippen molar-refractivity contribution in [2.75, 3.05) is 20.1 Å². The van der Waals surface area contributed by atoms with Gasteiger partial charge in [0.05, 0.1) is 0 Å². The quantitative estimate of drug-likeness (QED) is 0.644. The monoisotopic (exact) mass is 164 g/mol. The average Bonchev–Trinajstić information content (AvgIpc) is 2.04. The first-order valence-corrected chi connectivity index (χ1v) is 4.02. The number of hydrogen-bond donors (Lipinski definition) is 1. The van der Waals surface area contributed by atoms with Crippen molar-refractivity contribution >= 4 is 0 Å². The van der Waals surface area contributed by atoms with E-state index in [0.29, 0.717) is 0 Å². The zero-order valence-corrected chi connectivity index (χ0v) is 7.07. The Kier molecular flexibility index (Phi) is 1.63. The minimum atomic E-state index is -0.627. The van der Waals surface area contributed by atoms with Crippen LogP contribution in [0.5, 0.6) is 0 Å². The molecule has 0 aliphatic carbocycles. The molecule has 1 saturated heterocycles. The maximum absolute atomic E-state index is 9.98. The van der Waals surface area contributed by atoms with E-state index in [-0.39, 0.29) is 0 Å². The van der Waals surface area contributed by atoms with Crippen LogP contribution in [-0.2, 0) is 5.60 Å². The van der Waals surface area contributed by atoms with Gasteiger partial charge in [-0.15, -0.1) is 0 Å². The zero-order valence-electron chi connectivity index (χ0n) is 7.07. The van der Waals surface area contributed by atoms with Crippen molar-refractivity contribution in [3.8, 4) is 0 Å². The zero-order chi connectivity index (χ0) is 8.60. The van der Waals surface area contributed by atoms with Gasteiger partial charge in [-0.3, -0.25) is 9.88 Å². The highest BCUT2D eigenvalue weighted by Gasteiger charge is 2.40. The van der Waals surface area contributed by atoms with Crippen LogP contribution in [0.3, 0.4) is 0 Å². The number of hydrogen-bond acceptors (Lipinski definition) is 3. The third-order valence-electron chi connectivity index (χ3n) is 2.28. The van der Waals surface area contributed by atoms with Gasteiger partial charge in [-0.05, 0) is 24.7 Å². The molecule has 64 valence electrons. The lowest BCUT2D eigenvalue weighted by Crippen LogP contribution is -2.57. The van der Waals surface area contributed by atoms with Crippen LogP contribution in [0.2, 0.25) is 0 Å². The van der Waals surface area contributed by atoms with E-state index in [0.717, 1.165) is 18.7 Å². The summed E-state index contributed by atoms with van der Waals surface area (Å²) in [5.74, 6) is 0. The minimum absolute atomic E-state index is 0.627. The van der Waals surface area contributed by atoms with Crippen molar-refractivity contribution < 1.29 is 5.11 Å². The molecule has 0 unspecified atom stereocenters. The second kappa shape index (κ2) is 2.54. The molecule has 1 aliphatic rings. The first kappa shape index (κ1) is 7.71. The van der Waals surface area contributed by atoms with Gasteiger partial charge < -0.3 is 5.11 Å². The van der Waals surface area contributed by atoms with Crippen molar-refractivity contribution in [3.63, 3.8) is 0 Å². The first-order valence-electron chi connectivity index (χ1n) is 4.02. The number of nitrogens with zero attached hydrogens (tertiary/aromatic N) is 2. The summed E-state index contributed by atoms with van der Waals surface area (Å²) in [6.07, 6.45) is 3.43. The summed E-state index contributed by atoms with van der Waals surface area (Å²) in [6, 6.07) is 3.74. The molecule has 1 aromatic rings. The van der Waals surface area contributed by atoms with Crippen LogP contribution in [0.25, 0.3) is 0 Å². The molecule has 0 saturated carbocycles. The maximum Gasteiger partial charge on any atom is 0.115 e. The van der Waals surface area contributed by atoms with Gasteiger partial charge in [-0.2, -0.15) is 0 Å². The van der Waals surface area contributed by atoms with Gasteiger partial charge in [0.15, 0.2) is 0 Å². The van der Waals surface area contributed by atoms with Gasteiger partial charge >= 0.3 is 0 Å². The van der Waals surface area contributed by atoms with Crippen LogP contribution in [0.15, 0.2) is 24.5 Å². The van der Waals surface area contributed by atoms with Gasteiger partial charge in [0, 0.05) is 25.5 Å². The molecule has 1 aromatic heterocycles. The molecule has 3 heteroatoms. The third kappa shape index (κ3) is 1.11. The van der Waals surface area contributed by atoms with Gasteiger partial charge in [0.2, 0.25) is 0 Å². The lowest BCUT2D eigenvalue weighted by atomic mass is 9.87. The van der Waals surface area contributed by atoms with E-state index in [2.05, 4.69) is 9.88 Å². The van der Waals surface area contributed by atoms with Crippen LogP contribution in [-0.4, -0.2) is 35.1 Å². The Bertz CT molecular complexity index is 267. The smallest absolute Gasteiger partial charge is 0.115 e. The van der Waals surface area contributed by atoms with E-state index in [1.54, 1.807) is 12.4 Å². The Morgan fingerprint density at radius 2 is 2.00 bits per heavy atom. The summed E-state index contributed by atoms with van der Waals surface area (Å²) in [4.78, 5) is 6.00. The normalized spacial score (nSPS) is 21.8. The average molecular weight is 164 g/mol. The first-order chi connectivity index (χ1) is 5.71. The number of rotatable bonds is 1. The molecule has 2 heterocycles. The molecule has 0 bridgehead atoms. The fraction of sp³-hybridized carbons (Fsp3) is 0.444. The van der Waals surface area contributed by atoms with Crippen molar-refractivity contribution in [3.05, 3.63) is 30.1 Å². The summed E-state index contributed by atoms with van der Waals surface area (Å²) in [7, 11) is 2.00. The Morgan fingerprint density at radius 1 is 1.42 bits per heavy atom. The largest absolute Gasteiger partial charge is 0.382 e. The number of likely N-dealkylation sites (N-methyl/N-ethyl adjacent to an activating group) is 1. The number of likely N-dealkylation sites (tertiary alicyclic amines) is 1. The van der Waals surface area contributed by atoms with Crippen molar-refractivity contribution in [1.29, 1.82) is 0 Å². The van der Waals surface area contributed by atoms with E-state index < -0.39 is 5.60 Å². The Hall–Kier alpha value is -0.930. The van der Waals surface area contributed by atoms with Crippen molar-refractivity contribution in [2.45, 2.75) is 5.60 Å². The molecule has 1 aliphatic heterocycles. The van der Waals surface area contributed by atoms with Gasteiger partial charge in [-0.25, -0.2) is 0 Å². The highest BCUT2D eigenvalue weighted by Crippen LogP contribution is 2.29. The minimum Gasteiger partial charge on any atom is -0.382 e. The van der Waals surface area contributed by atoms with E-state index in [4.69, 9.17) is 0 Å². The highest BCUT2D eigenvalue weighted by atomic mass is 16.3. The summed E-state index contributed by atoms with van der Waals surface area (Å²) in [5, 5.41) is 9.98. The van der Waals surface area contributed by atoms with Gasteiger partial charge in [0.25, 0.3) is 0 Å². The summed E-state index contributed by atoms with van der Waals surface area (Å²) in [6.45, 7) is 1.44. The predicted octanol–water partition coefficient (Wildman–Crippen LogP) is 0.215. The van der Waals surface area contributed by atoms with Gasteiger partial charge in [0.1, 0.15) is 5.60 Å². The molecule has 0 radical (unpaired) electrons. The fourth-order valence-electron chi connectivity index (χ4n) is 1.69. The Balaban J connectivity index is 2.21. The summed E-state index contributed by atoms with van der Waals surface area (Å²) >= 11 is 0. The van der Waals surface area contributed by atoms with Crippen molar-refractivity contribution in [2.24, 2.45) is 0 Å². The Morgan fingerprint density at radius 3 is 2.50 bits per heavy atom. The summed E-state index contributed by atoms with van der Waals surface area (Å²) < 4.78 is 0. The highest BCUT2D eigenvalue weighted by molar-refractivity contribution is 5.23. The summed E-state index contributed by atoms with van der Waals surface area (Å²) in [5.41, 5.74) is 0.341. The van der Waals surface area contributed by atoms with Gasteiger partial charge in [-0.1, -0.05) is 0 Å². The van der Waals surface area contributed by atoms with E-state index >= 15 is 0 Å². The van der Waals surface area contributed by atoms with Crippen LogP contribution in [0.4, 0.5) is 0 Å². The van der Waals surface area contributed by atoms with Crippen molar-refractivity contribution in [1.82, 2.24) is 9.88 Å². The molecule has 12 heavy (non-hydrogen) atoms. The van der Waals surface area contributed by atoms with Crippen LogP contribution in [0.1, 0.15) is 5.56 Å². The lowest BCUT2D eigenvalue weighted by molar-refractivity contribution is -0.0919. The number of pyridine rings is 1. The third-order valence-corrected chi connectivity index (χ3v) is 2.28. The molecule has 2 rings (SSSR count). The van der Waals surface area contributed by atoms with Crippen LogP contribution in [0, 0.1) is 0 Å². The molecule has 0 amide bonds. The van der Waals surface area contributed by atoms with Crippen LogP contribution >= 0.6 is 0 Å². The van der Waals surface area contributed by atoms with E-state index in [1.165, 1.54) is 0 Å². The maximum atomic E-state index is 9.98. The molecule has 0 aromatic carbocycles. The Labute approximate surface area is 71.7 Å². The molecule has 3 nitrogen and oxygen atoms in total. The van der Waals surface area contributed by atoms with E-state index in [9.17, 15) is 5.11 Å².